The van der Waals surface area contributed by atoms with Gasteiger partial charge in [0.25, 0.3) is 0 Å². The van der Waals surface area contributed by atoms with Crippen molar-refractivity contribution in [3.05, 3.63) is 46.5 Å². The molecule has 1 aliphatic rings. The van der Waals surface area contributed by atoms with Crippen molar-refractivity contribution in [1.82, 2.24) is 0 Å². The van der Waals surface area contributed by atoms with Gasteiger partial charge >= 0.3 is 5.97 Å². The van der Waals surface area contributed by atoms with Crippen molar-refractivity contribution in [1.29, 1.82) is 0 Å². The number of phenols is 1. The highest BCUT2D eigenvalue weighted by molar-refractivity contribution is 6.31. The van der Waals surface area contributed by atoms with E-state index in [0.29, 0.717) is 17.4 Å². The molecule has 3 rings (SSSR count). The van der Waals surface area contributed by atoms with Gasteiger partial charge < -0.3 is 14.6 Å². The molecule has 22 heavy (non-hydrogen) atoms. The average Bonchev–Trinajstić information content (AvgIpc) is 2.55. The van der Waals surface area contributed by atoms with Crippen molar-refractivity contribution in [2.45, 2.75) is 20.5 Å². The van der Waals surface area contributed by atoms with Crippen molar-refractivity contribution in [3.63, 3.8) is 0 Å². The summed E-state index contributed by atoms with van der Waals surface area (Å²) in [5, 5.41) is 10.5. The van der Waals surface area contributed by atoms with Gasteiger partial charge in [0, 0.05) is 16.1 Å². The standard InChI is InChI=1S/C15H11ClO4.C2H6/c1-19-15(18)12-6-10-8(4-13(12)17)7-20-14-3-2-9(16)5-11(10)14;1-2/h2-6,17H,7H2,1H3;1-2H3. The van der Waals surface area contributed by atoms with Crippen LogP contribution in [0.15, 0.2) is 30.3 Å². The van der Waals surface area contributed by atoms with E-state index in [4.69, 9.17) is 16.3 Å². The normalized spacial score (nSPS) is 11.3. The van der Waals surface area contributed by atoms with Crippen LogP contribution in [0.2, 0.25) is 5.02 Å². The summed E-state index contributed by atoms with van der Waals surface area (Å²) in [6.07, 6.45) is 0. The van der Waals surface area contributed by atoms with Crippen LogP contribution < -0.4 is 4.74 Å². The number of phenolic OH excluding ortho intramolecular Hbond substituents is 1. The first-order valence-electron chi connectivity index (χ1n) is 6.97. The van der Waals surface area contributed by atoms with Gasteiger partial charge in [-0.15, -0.1) is 0 Å². The predicted octanol–water partition coefficient (Wildman–Crippen LogP) is 4.42. The number of fused-ring (bicyclic) bond motifs is 3. The Balaban J connectivity index is 0.000000847. The second-order valence-electron chi connectivity index (χ2n) is 4.45. The molecule has 1 aliphatic heterocycles. The third-order valence-corrected chi connectivity index (χ3v) is 3.48. The Morgan fingerprint density at radius 2 is 1.95 bits per heavy atom. The summed E-state index contributed by atoms with van der Waals surface area (Å²) >= 11 is 6.01. The number of rotatable bonds is 1. The lowest BCUT2D eigenvalue weighted by Gasteiger charge is -2.22. The minimum Gasteiger partial charge on any atom is -0.507 e. The molecule has 0 amide bonds. The Hall–Kier alpha value is -2.20. The van der Waals surface area contributed by atoms with E-state index < -0.39 is 5.97 Å². The van der Waals surface area contributed by atoms with Gasteiger partial charge in [0.05, 0.1) is 7.11 Å². The number of ether oxygens (including phenoxy) is 2. The molecule has 0 atom stereocenters. The molecule has 0 saturated carbocycles. The maximum Gasteiger partial charge on any atom is 0.341 e. The SMILES string of the molecule is CC.COC(=O)c1cc2c(cc1O)COc1ccc(Cl)cc1-2. The first-order chi connectivity index (χ1) is 10.6. The van der Waals surface area contributed by atoms with Gasteiger partial charge in [-0.25, -0.2) is 4.79 Å². The van der Waals surface area contributed by atoms with Crippen molar-refractivity contribution in [3.8, 4) is 22.6 Å². The van der Waals surface area contributed by atoms with Crippen molar-refractivity contribution in [2.75, 3.05) is 7.11 Å². The third kappa shape index (κ3) is 2.88. The molecule has 5 heteroatoms. The Labute approximate surface area is 134 Å². The number of carbonyl (C=O) groups is 1. The third-order valence-electron chi connectivity index (χ3n) is 3.24. The lowest BCUT2D eigenvalue weighted by atomic mass is 9.94. The van der Waals surface area contributed by atoms with E-state index in [1.165, 1.54) is 13.2 Å². The molecule has 0 aromatic heterocycles. The van der Waals surface area contributed by atoms with E-state index in [0.717, 1.165) is 16.7 Å². The highest BCUT2D eigenvalue weighted by Crippen LogP contribution is 2.41. The highest BCUT2D eigenvalue weighted by Gasteiger charge is 2.22. The van der Waals surface area contributed by atoms with Crippen LogP contribution >= 0.6 is 11.6 Å². The fraction of sp³-hybridized carbons (Fsp3) is 0.235. The zero-order chi connectivity index (χ0) is 16.3. The lowest BCUT2D eigenvalue weighted by Crippen LogP contribution is -2.08. The van der Waals surface area contributed by atoms with Crippen molar-refractivity contribution in [2.24, 2.45) is 0 Å². The number of hydrogen-bond acceptors (Lipinski definition) is 4. The molecule has 4 nitrogen and oxygen atoms in total. The minimum absolute atomic E-state index is 0.121. The predicted molar refractivity (Wildman–Crippen MR) is 85.6 cm³/mol. The molecular weight excluding hydrogens is 304 g/mol. The van der Waals surface area contributed by atoms with Crippen molar-refractivity contribution < 1.29 is 19.4 Å². The Kier molecular flexibility index (Phi) is 4.93. The van der Waals surface area contributed by atoms with Crippen LogP contribution in [0.4, 0.5) is 0 Å². The van der Waals surface area contributed by atoms with E-state index in [1.54, 1.807) is 24.3 Å². The quantitative estimate of drug-likeness (QED) is 0.790. The van der Waals surface area contributed by atoms with Gasteiger partial charge in [0.1, 0.15) is 23.7 Å². The smallest absolute Gasteiger partial charge is 0.341 e. The number of methoxy groups -OCH3 is 1. The molecule has 2 aromatic carbocycles. The van der Waals surface area contributed by atoms with Crippen LogP contribution in [0.3, 0.4) is 0 Å². The number of esters is 1. The van der Waals surface area contributed by atoms with E-state index in [9.17, 15) is 9.90 Å². The Morgan fingerprint density at radius 3 is 2.64 bits per heavy atom. The number of halogens is 1. The lowest BCUT2D eigenvalue weighted by molar-refractivity contribution is 0.0597. The number of aromatic hydroxyl groups is 1. The summed E-state index contributed by atoms with van der Waals surface area (Å²) in [6, 6.07) is 8.42. The molecule has 0 fully saturated rings. The number of benzene rings is 2. The molecule has 0 spiro atoms. The Morgan fingerprint density at radius 1 is 1.23 bits per heavy atom. The second-order valence-corrected chi connectivity index (χ2v) is 4.88. The van der Waals surface area contributed by atoms with Gasteiger partial charge in [-0.05, 0) is 35.9 Å². The van der Waals surface area contributed by atoms with Gasteiger partial charge in [0.2, 0.25) is 0 Å². The molecule has 0 bridgehead atoms. The molecule has 0 aliphatic carbocycles. The van der Waals surface area contributed by atoms with Crippen LogP contribution in [-0.4, -0.2) is 18.2 Å². The topological polar surface area (TPSA) is 55.8 Å². The van der Waals surface area contributed by atoms with Gasteiger partial charge in [-0.2, -0.15) is 0 Å². The highest BCUT2D eigenvalue weighted by atomic mass is 35.5. The minimum atomic E-state index is -0.583. The summed E-state index contributed by atoms with van der Waals surface area (Å²) in [5.74, 6) is -0.00606. The number of carbonyl (C=O) groups excluding carboxylic acids is 1. The molecule has 1 heterocycles. The van der Waals surface area contributed by atoms with Crippen LogP contribution in [-0.2, 0) is 11.3 Å². The van der Waals surface area contributed by atoms with Gasteiger partial charge in [-0.1, -0.05) is 25.4 Å². The van der Waals surface area contributed by atoms with Crippen LogP contribution in [0.1, 0.15) is 29.8 Å². The maximum atomic E-state index is 11.7. The summed E-state index contributed by atoms with van der Waals surface area (Å²) in [5.41, 5.74) is 2.53. The largest absolute Gasteiger partial charge is 0.507 e. The molecule has 0 saturated heterocycles. The van der Waals surface area contributed by atoms with Crippen molar-refractivity contribution >= 4 is 17.6 Å². The first-order valence-corrected chi connectivity index (χ1v) is 7.35. The zero-order valence-corrected chi connectivity index (χ0v) is 13.4. The maximum absolute atomic E-state index is 11.7. The Bertz CT molecular complexity index is 710. The van der Waals surface area contributed by atoms with E-state index in [1.807, 2.05) is 13.8 Å². The fourth-order valence-electron chi connectivity index (χ4n) is 2.27. The van der Waals surface area contributed by atoms with Gasteiger partial charge in [-0.3, -0.25) is 0 Å². The zero-order valence-electron chi connectivity index (χ0n) is 12.6. The van der Waals surface area contributed by atoms with E-state index in [2.05, 4.69) is 4.74 Å². The van der Waals surface area contributed by atoms with Gasteiger partial charge in [0.15, 0.2) is 0 Å². The molecule has 116 valence electrons. The molecular formula is C17H17ClO4. The monoisotopic (exact) mass is 320 g/mol. The first kappa shape index (κ1) is 16.2. The molecule has 0 unspecified atom stereocenters. The summed E-state index contributed by atoms with van der Waals surface area (Å²) < 4.78 is 10.3. The number of hydrogen-bond donors (Lipinski definition) is 1. The summed E-state index contributed by atoms with van der Waals surface area (Å²) in [7, 11) is 1.27. The second kappa shape index (κ2) is 6.71. The van der Waals surface area contributed by atoms with E-state index in [-0.39, 0.29) is 11.3 Å². The van der Waals surface area contributed by atoms with Crippen LogP contribution in [0.25, 0.3) is 11.1 Å². The molecule has 1 N–H and O–H groups in total. The summed E-state index contributed by atoms with van der Waals surface area (Å²) in [4.78, 5) is 11.7. The van der Waals surface area contributed by atoms with Crippen LogP contribution in [0.5, 0.6) is 11.5 Å². The van der Waals surface area contributed by atoms with Crippen LogP contribution in [0, 0.1) is 0 Å². The van der Waals surface area contributed by atoms with E-state index >= 15 is 0 Å². The fourth-order valence-corrected chi connectivity index (χ4v) is 2.44. The average molecular weight is 321 g/mol. The molecule has 2 aromatic rings. The molecule has 0 radical (unpaired) electrons. The summed E-state index contributed by atoms with van der Waals surface area (Å²) in [6.45, 7) is 4.33.